The summed E-state index contributed by atoms with van der Waals surface area (Å²) in [5.74, 6) is -0.461. The van der Waals surface area contributed by atoms with Crippen molar-refractivity contribution in [3.05, 3.63) is 29.8 Å². The Kier molecular flexibility index (Phi) is 6.21. The van der Waals surface area contributed by atoms with E-state index in [4.69, 9.17) is 14.2 Å². The van der Waals surface area contributed by atoms with E-state index in [0.717, 1.165) is 5.56 Å². The van der Waals surface area contributed by atoms with Crippen molar-refractivity contribution >= 4 is 12.1 Å². The molecule has 0 amide bonds. The lowest BCUT2D eigenvalue weighted by Crippen LogP contribution is -2.32. The molecule has 0 bridgehead atoms. The average molecular weight is 294 g/mol. The highest BCUT2D eigenvalue weighted by Gasteiger charge is 2.25. The van der Waals surface area contributed by atoms with Crippen LogP contribution in [-0.2, 0) is 14.3 Å². The topological polar surface area (TPSA) is 61.8 Å². The molecule has 21 heavy (non-hydrogen) atoms. The molecule has 0 aromatic heterocycles. The van der Waals surface area contributed by atoms with Gasteiger partial charge in [-0.2, -0.15) is 0 Å². The summed E-state index contributed by atoms with van der Waals surface area (Å²) in [7, 11) is 0. The third kappa shape index (κ3) is 5.45. The molecule has 116 valence electrons. The molecule has 0 unspecified atom stereocenters. The van der Waals surface area contributed by atoms with Gasteiger partial charge in [0.05, 0.1) is 5.92 Å². The highest BCUT2D eigenvalue weighted by molar-refractivity contribution is 5.72. The normalized spacial score (nSPS) is 12.1. The van der Waals surface area contributed by atoms with Crippen LogP contribution in [0.15, 0.2) is 24.3 Å². The van der Waals surface area contributed by atoms with Crippen molar-refractivity contribution in [3.8, 4) is 5.75 Å². The van der Waals surface area contributed by atoms with Crippen molar-refractivity contribution in [2.24, 2.45) is 11.8 Å². The number of benzene rings is 1. The molecule has 0 aliphatic heterocycles. The van der Waals surface area contributed by atoms with E-state index < -0.39 is 18.4 Å². The fourth-order valence-corrected chi connectivity index (χ4v) is 1.43. The van der Waals surface area contributed by atoms with E-state index in [9.17, 15) is 9.59 Å². The second kappa shape index (κ2) is 7.67. The van der Waals surface area contributed by atoms with Crippen LogP contribution < -0.4 is 4.74 Å². The van der Waals surface area contributed by atoms with Crippen molar-refractivity contribution in [1.82, 2.24) is 0 Å². The predicted molar refractivity (Wildman–Crippen MR) is 77.8 cm³/mol. The Morgan fingerprint density at radius 1 is 1.00 bits per heavy atom. The molecule has 0 saturated heterocycles. The maximum Gasteiger partial charge on any atom is 0.516 e. The van der Waals surface area contributed by atoms with E-state index in [1.165, 1.54) is 0 Å². The van der Waals surface area contributed by atoms with Crippen LogP contribution in [0.2, 0.25) is 0 Å². The first-order chi connectivity index (χ1) is 9.81. The van der Waals surface area contributed by atoms with Gasteiger partial charge in [0.15, 0.2) is 0 Å². The van der Waals surface area contributed by atoms with Crippen LogP contribution >= 0.6 is 0 Å². The summed E-state index contributed by atoms with van der Waals surface area (Å²) >= 11 is 0. The zero-order valence-corrected chi connectivity index (χ0v) is 13.1. The largest absolute Gasteiger partial charge is 0.516 e. The Morgan fingerprint density at radius 3 is 2.14 bits per heavy atom. The summed E-state index contributed by atoms with van der Waals surface area (Å²) in [5.41, 5.74) is 0.815. The van der Waals surface area contributed by atoms with Crippen molar-refractivity contribution < 1.29 is 23.8 Å². The zero-order valence-electron chi connectivity index (χ0n) is 13.1. The Bertz CT molecular complexity index is 493. The Balaban J connectivity index is 2.65. The Labute approximate surface area is 125 Å². The molecule has 0 N–H and O–H groups in total. The van der Waals surface area contributed by atoms with Gasteiger partial charge in [0.25, 0.3) is 6.29 Å². The maximum absolute atomic E-state index is 11.8. The number of para-hydroxylation sites is 1. The van der Waals surface area contributed by atoms with Gasteiger partial charge in [0, 0.05) is 5.92 Å². The number of aryl methyl sites for hydroxylation is 1. The smallest absolute Gasteiger partial charge is 0.425 e. The lowest BCUT2D eigenvalue weighted by atomic mass is 10.2. The minimum Gasteiger partial charge on any atom is -0.425 e. The molecule has 0 aliphatic rings. The maximum atomic E-state index is 11.8. The molecular formula is C16H22O5. The van der Waals surface area contributed by atoms with Crippen molar-refractivity contribution in [2.45, 2.75) is 40.9 Å². The summed E-state index contributed by atoms with van der Waals surface area (Å²) in [6.45, 7) is 8.83. The molecule has 5 nitrogen and oxygen atoms in total. The van der Waals surface area contributed by atoms with Gasteiger partial charge in [-0.25, -0.2) is 4.79 Å². The van der Waals surface area contributed by atoms with Crippen molar-refractivity contribution in [1.29, 1.82) is 0 Å². The second-order valence-corrected chi connectivity index (χ2v) is 5.44. The van der Waals surface area contributed by atoms with Crippen molar-refractivity contribution in [2.75, 3.05) is 0 Å². The first kappa shape index (κ1) is 17.0. The second-order valence-electron chi connectivity index (χ2n) is 5.44. The molecule has 1 atom stereocenters. The summed E-state index contributed by atoms with van der Waals surface area (Å²) < 4.78 is 15.4. The molecule has 1 rings (SSSR count). The Morgan fingerprint density at radius 2 is 1.62 bits per heavy atom. The predicted octanol–water partition coefficient (Wildman–Crippen LogP) is 3.69. The summed E-state index contributed by atoms with van der Waals surface area (Å²) in [5, 5.41) is 0. The van der Waals surface area contributed by atoms with Crippen LogP contribution in [0.25, 0.3) is 0 Å². The van der Waals surface area contributed by atoms with Crippen LogP contribution in [0.5, 0.6) is 5.75 Å². The van der Waals surface area contributed by atoms with Gasteiger partial charge in [0.1, 0.15) is 5.75 Å². The van der Waals surface area contributed by atoms with E-state index in [0.29, 0.717) is 5.75 Å². The fraction of sp³-hybridized carbons (Fsp3) is 0.500. The van der Waals surface area contributed by atoms with Crippen molar-refractivity contribution in [3.63, 3.8) is 0 Å². The molecule has 1 aromatic rings. The molecule has 0 heterocycles. The van der Waals surface area contributed by atoms with Gasteiger partial charge < -0.3 is 14.2 Å². The number of carbonyl (C=O) groups is 2. The van der Waals surface area contributed by atoms with Crippen LogP contribution in [0.1, 0.15) is 33.3 Å². The standard InChI is InChI=1S/C16H22O5/c1-10(2)14(17)20-15(11(3)4)21-16(18)19-13-9-7-6-8-12(13)5/h6-11,15H,1-5H3/t15-/m0/s1. The van der Waals surface area contributed by atoms with Gasteiger partial charge in [0.2, 0.25) is 0 Å². The van der Waals surface area contributed by atoms with Gasteiger partial charge in [-0.05, 0) is 18.6 Å². The quantitative estimate of drug-likeness (QED) is 0.471. The molecule has 0 spiro atoms. The molecular weight excluding hydrogens is 272 g/mol. The van der Waals surface area contributed by atoms with E-state index in [1.54, 1.807) is 39.8 Å². The summed E-state index contributed by atoms with van der Waals surface area (Å²) in [6.07, 6.45) is -1.85. The average Bonchev–Trinajstić information content (AvgIpc) is 2.40. The molecule has 1 aromatic carbocycles. The highest BCUT2D eigenvalue weighted by Crippen LogP contribution is 2.18. The molecule has 0 aliphatic carbocycles. The van der Waals surface area contributed by atoms with E-state index in [2.05, 4.69) is 0 Å². The monoisotopic (exact) mass is 294 g/mol. The van der Waals surface area contributed by atoms with Gasteiger partial charge in [-0.3, -0.25) is 4.79 Å². The minimum absolute atomic E-state index is 0.169. The third-order valence-electron chi connectivity index (χ3n) is 2.75. The number of hydrogen-bond donors (Lipinski definition) is 0. The highest BCUT2D eigenvalue weighted by atomic mass is 16.8. The van der Waals surface area contributed by atoms with E-state index >= 15 is 0 Å². The number of carbonyl (C=O) groups excluding carboxylic acids is 2. The first-order valence-electron chi connectivity index (χ1n) is 6.95. The lowest BCUT2D eigenvalue weighted by molar-refractivity contribution is -0.180. The van der Waals surface area contributed by atoms with Gasteiger partial charge >= 0.3 is 12.1 Å². The number of rotatable bonds is 5. The van der Waals surface area contributed by atoms with Gasteiger partial charge in [-0.15, -0.1) is 0 Å². The third-order valence-corrected chi connectivity index (χ3v) is 2.75. The van der Waals surface area contributed by atoms with Crippen LogP contribution in [0.4, 0.5) is 4.79 Å². The Hall–Kier alpha value is -2.04. The molecule has 0 fully saturated rings. The summed E-state index contributed by atoms with van der Waals surface area (Å²) in [4.78, 5) is 23.4. The SMILES string of the molecule is Cc1ccccc1OC(=O)O[C@H](OC(=O)C(C)C)C(C)C. The summed E-state index contributed by atoms with van der Waals surface area (Å²) in [6, 6.07) is 7.09. The van der Waals surface area contributed by atoms with Crippen LogP contribution in [0, 0.1) is 18.8 Å². The molecule has 0 saturated carbocycles. The zero-order chi connectivity index (χ0) is 16.0. The molecule has 0 radical (unpaired) electrons. The van der Waals surface area contributed by atoms with Gasteiger partial charge in [-0.1, -0.05) is 45.9 Å². The molecule has 5 heteroatoms. The number of ether oxygens (including phenoxy) is 3. The van der Waals surface area contributed by atoms with E-state index in [-0.39, 0.29) is 11.8 Å². The minimum atomic E-state index is -0.962. The number of esters is 1. The number of hydrogen-bond acceptors (Lipinski definition) is 5. The lowest BCUT2D eigenvalue weighted by Gasteiger charge is -2.22. The van der Waals surface area contributed by atoms with Crippen LogP contribution in [-0.4, -0.2) is 18.4 Å². The van der Waals surface area contributed by atoms with Crippen LogP contribution in [0.3, 0.4) is 0 Å². The van der Waals surface area contributed by atoms with E-state index in [1.807, 2.05) is 19.1 Å². The fourth-order valence-electron chi connectivity index (χ4n) is 1.43. The first-order valence-corrected chi connectivity index (χ1v) is 6.95.